The van der Waals surface area contributed by atoms with Gasteiger partial charge in [0.25, 0.3) is 0 Å². The zero-order valence-corrected chi connectivity index (χ0v) is 12.8. The van der Waals surface area contributed by atoms with Gasteiger partial charge in [-0.2, -0.15) is 4.98 Å². The largest absolute Gasteiger partial charge is 0.478 e. The van der Waals surface area contributed by atoms with Crippen molar-refractivity contribution in [1.82, 2.24) is 15.0 Å². The van der Waals surface area contributed by atoms with Crippen molar-refractivity contribution in [3.63, 3.8) is 0 Å². The van der Waals surface area contributed by atoms with Gasteiger partial charge in [0.15, 0.2) is 5.82 Å². The lowest BCUT2D eigenvalue weighted by atomic mass is 10.1. The smallest absolute Gasteiger partial charge is 0.335 e. The number of carbonyl (C=O) groups is 1. The van der Waals surface area contributed by atoms with Gasteiger partial charge in [-0.05, 0) is 44.7 Å². The van der Waals surface area contributed by atoms with Gasteiger partial charge in [-0.25, -0.2) is 4.79 Å². The summed E-state index contributed by atoms with van der Waals surface area (Å²) in [5, 5.41) is 13.3. The third kappa shape index (κ3) is 3.59. The number of halogens is 1. The Balaban J connectivity index is 2.17. The molecule has 112 valence electrons. The molecule has 0 saturated carbocycles. The number of rotatable bonds is 5. The highest BCUT2D eigenvalue weighted by Gasteiger charge is 2.19. The molecule has 0 saturated heterocycles. The second-order valence-electron chi connectivity index (χ2n) is 4.88. The minimum Gasteiger partial charge on any atom is -0.478 e. The fourth-order valence-corrected chi connectivity index (χ4v) is 2.08. The summed E-state index contributed by atoms with van der Waals surface area (Å²) in [5.41, 5.74) is 0.950. The van der Waals surface area contributed by atoms with Crippen molar-refractivity contribution in [1.29, 1.82) is 0 Å². The first-order chi connectivity index (χ1) is 9.88. The van der Waals surface area contributed by atoms with Crippen LogP contribution in [0.5, 0.6) is 0 Å². The Bertz CT molecular complexity index is 657. The predicted molar refractivity (Wildman–Crippen MR) is 77.3 cm³/mol. The SMILES string of the molecule is Cc1noc(C(C)N(C)Cc2cc(C(=O)O)ccc2Cl)n1. The molecule has 1 unspecified atom stereocenters. The molecular weight excluding hydrogens is 294 g/mol. The molecule has 0 radical (unpaired) electrons. The van der Waals surface area contributed by atoms with Gasteiger partial charge in [-0.1, -0.05) is 16.8 Å². The molecule has 2 aromatic rings. The molecular formula is C14H16ClN3O3. The second kappa shape index (κ2) is 6.24. The summed E-state index contributed by atoms with van der Waals surface area (Å²) in [6.45, 7) is 4.16. The molecule has 21 heavy (non-hydrogen) atoms. The number of hydrogen-bond donors (Lipinski definition) is 1. The molecule has 2 rings (SSSR count). The number of benzene rings is 1. The quantitative estimate of drug-likeness (QED) is 0.914. The monoisotopic (exact) mass is 309 g/mol. The molecule has 1 heterocycles. The van der Waals surface area contributed by atoms with Crippen molar-refractivity contribution in [2.75, 3.05) is 7.05 Å². The Hall–Kier alpha value is -1.92. The molecule has 0 amide bonds. The van der Waals surface area contributed by atoms with Crippen LogP contribution in [0.2, 0.25) is 5.02 Å². The Labute approximate surface area is 127 Å². The van der Waals surface area contributed by atoms with Crippen LogP contribution in [0.15, 0.2) is 22.7 Å². The van der Waals surface area contributed by atoms with E-state index in [0.29, 0.717) is 23.3 Å². The Morgan fingerprint density at radius 1 is 1.52 bits per heavy atom. The number of carboxylic acids is 1. The standard InChI is InChI=1S/C14H16ClN3O3/c1-8(13-16-9(2)17-21-13)18(3)7-11-6-10(14(19)20)4-5-12(11)15/h4-6,8H,7H2,1-3H3,(H,19,20). The Kier molecular flexibility index (Phi) is 4.59. The maximum Gasteiger partial charge on any atom is 0.335 e. The lowest BCUT2D eigenvalue weighted by Gasteiger charge is -2.22. The van der Waals surface area contributed by atoms with E-state index in [4.69, 9.17) is 21.2 Å². The predicted octanol–water partition coefficient (Wildman–Crippen LogP) is 2.92. The minimum atomic E-state index is -0.976. The van der Waals surface area contributed by atoms with Gasteiger partial charge < -0.3 is 9.63 Å². The van der Waals surface area contributed by atoms with Crippen molar-refractivity contribution in [2.45, 2.75) is 26.4 Å². The third-order valence-corrected chi connectivity index (χ3v) is 3.64. The van der Waals surface area contributed by atoms with E-state index in [9.17, 15) is 4.79 Å². The molecule has 0 fully saturated rings. The summed E-state index contributed by atoms with van der Waals surface area (Å²) >= 11 is 6.13. The zero-order valence-electron chi connectivity index (χ0n) is 12.0. The van der Waals surface area contributed by atoms with Crippen molar-refractivity contribution >= 4 is 17.6 Å². The Morgan fingerprint density at radius 3 is 2.81 bits per heavy atom. The van der Waals surface area contributed by atoms with Crippen molar-refractivity contribution in [3.8, 4) is 0 Å². The van der Waals surface area contributed by atoms with Crippen LogP contribution >= 0.6 is 11.6 Å². The van der Waals surface area contributed by atoms with Crippen LogP contribution < -0.4 is 0 Å². The van der Waals surface area contributed by atoms with E-state index >= 15 is 0 Å². The average molecular weight is 310 g/mol. The molecule has 0 spiro atoms. The number of aromatic nitrogens is 2. The molecule has 6 nitrogen and oxygen atoms in total. The number of aromatic carboxylic acids is 1. The van der Waals surface area contributed by atoms with E-state index in [1.165, 1.54) is 6.07 Å². The van der Waals surface area contributed by atoms with E-state index < -0.39 is 5.97 Å². The van der Waals surface area contributed by atoms with E-state index in [0.717, 1.165) is 5.56 Å². The maximum absolute atomic E-state index is 11.0. The van der Waals surface area contributed by atoms with Crippen LogP contribution in [0.4, 0.5) is 0 Å². The van der Waals surface area contributed by atoms with Crippen LogP contribution in [0.1, 0.15) is 40.6 Å². The summed E-state index contributed by atoms with van der Waals surface area (Å²) in [6, 6.07) is 4.55. The molecule has 0 aliphatic carbocycles. The molecule has 1 aromatic carbocycles. The van der Waals surface area contributed by atoms with E-state index in [-0.39, 0.29) is 11.6 Å². The van der Waals surface area contributed by atoms with Crippen LogP contribution in [0.3, 0.4) is 0 Å². The fraction of sp³-hybridized carbons (Fsp3) is 0.357. The first-order valence-electron chi connectivity index (χ1n) is 6.40. The van der Waals surface area contributed by atoms with Crippen LogP contribution in [0, 0.1) is 6.92 Å². The summed E-state index contributed by atoms with van der Waals surface area (Å²) in [6.07, 6.45) is 0. The highest BCUT2D eigenvalue weighted by Crippen LogP contribution is 2.24. The van der Waals surface area contributed by atoms with Crippen molar-refractivity contribution in [3.05, 3.63) is 46.1 Å². The summed E-state index contributed by atoms with van der Waals surface area (Å²) in [4.78, 5) is 17.2. The molecule has 0 bridgehead atoms. The average Bonchev–Trinajstić information content (AvgIpc) is 2.86. The van der Waals surface area contributed by atoms with Gasteiger partial charge in [0, 0.05) is 11.6 Å². The normalized spacial score (nSPS) is 12.6. The van der Waals surface area contributed by atoms with Crippen LogP contribution in [0.25, 0.3) is 0 Å². The number of hydrogen-bond acceptors (Lipinski definition) is 5. The van der Waals surface area contributed by atoms with E-state index in [1.807, 2.05) is 18.9 Å². The maximum atomic E-state index is 11.0. The van der Waals surface area contributed by atoms with Gasteiger partial charge in [0.2, 0.25) is 5.89 Å². The fourth-order valence-electron chi connectivity index (χ4n) is 1.91. The molecule has 1 N–H and O–H groups in total. The Morgan fingerprint density at radius 2 is 2.24 bits per heavy atom. The van der Waals surface area contributed by atoms with E-state index in [2.05, 4.69) is 10.1 Å². The zero-order chi connectivity index (χ0) is 15.6. The third-order valence-electron chi connectivity index (χ3n) is 3.27. The van der Waals surface area contributed by atoms with E-state index in [1.54, 1.807) is 19.1 Å². The topological polar surface area (TPSA) is 79.5 Å². The van der Waals surface area contributed by atoms with Gasteiger partial charge in [0.05, 0.1) is 11.6 Å². The van der Waals surface area contributed by atoms with Crippen molar-refractivity contribution < 1.29 is 14.4 Å². The molecule has 0 aliphatic heterocycles. The summed E-state index contributed by atoms with van der Waals surface area (Å²) in [7, 11) is 1.88. The first kappa shape index (κ1) is 15.5. The van der Waals surface area contributed by atoms with Gasteiger partial charge in [-0.15, -0.1) is 0 Å². The number of aryl methyl sites for hydroxylation is 1. The van der Waals surface area contributed by atoms with Crippen LogP contribution in [-0.2, 0) is 6.54 Å². The highest BCUT2D eigenvalue weighted by molar-refractivity contribution is 6.31. The number of carboxylic acid groups (broad SMARTS) is 1. The minimum absolute atomic E-state index is 0.101. The molecule has 1 aromatic heterocycles. The second-order valence-corrected chi connectivity index (χ2v) is 5.29. The molecule has 0 aliphatic rings. The van der Waals surface area contributed by atoms with Crippen LogP contribution in [-0.4, -0.2) is 33.2 Å². The molecule has 1 atom stereocenters. The van der Waals surface area contributed by atoms with Crippen molar-refractivity contribution in [2.24, 2.45) is 0 Å². The summed E-state index contributed by atoms with van der Waals surface area (Å²) < 4.78 is 5.15. The summed E-state index contributed by atoms with van der Waals surface area (Å²) in [5.74, 6) is 0.118. The number of nitrogens with zero attached hydrogens (tertiary/aromatic N) is 3. The first-order valence-corrected chi connectivity index (χ1v) is 6.78. The lowest BCUT2D eigenvalue weighted by Crippen LogP contribution is -2.22. The van der Waals surface area contributed by atoms with Gasteiger partial charge in [0.1, 0.15) is 0 Å². The highest BCUT2D eigenvalue weighted by atomic mass is 35.5. The van der Waals surface area contributed by atoms with Gasteiger partial charge in [-0.3, -0.25) is 4.90 Å². The lowest BCUT2D eigenvalue weighted by molar-refractivity contribution is 0.0696. The molecule has 7 heteroatoms. The van der Waals surface area contributed by atoms with Gasteiger partial charge >= 0.3 is 5.97 Å².